The van der Waals surface area contributed by atoms with E-state index in [4.69, 9.17) is 14.0 Å². The number of rotatable bonds is 10. The average molecular weight is 369 g/mol. The van der Waals surface area contributed by atoms with E-state index in [1.807, 2.05) is 0 Å². The van der Waals surface area contributed by atoms with E-state index >= 15 is 0 Å². The third-order valence-corrected chi connectivity index (χ3v) is 3.91. The highest BCUT2D eigenvalue weighted by molar-refractivity contribution is 7.85. The molecule has 1 N–H and O–H groups in total. The fraction of sp³-hybridized carbons (Fsp3) is 0.250. The van der Waals surface area contributed by atoms with Crippen molar-refractivity contribution in [3.8, 4) is 0 Å². The number of carbonyl (C=O) groups is 2. The van der Waals surface area contributed by atoms with Crippen LogP contribution in [0.2, 0.25) is 0 Å². The van der Waals surface area contributed by atoms with E-state index in [0.29, 0.717) is 5.69 Å². The molecule has 0 atom stereocenters. The fourth-order valence-corrected chi connectivity index (χ4v) is 2.31. The molecule has 0 aliphatic rings. The van der Waals surface area contributed by atoms with Gasteiger partial charge in [0.05, 0.1) is 18.0 Å². The molecule has 0 unspecified atom stereocenters. The molecule has 1 aromatic carbocycles. The van der Waals surface area contributed by atoms with Gasteiger partial charge in [-0.3, -0.25) is 4.55 Å². The molecule has 8 nitrogen and oxygen atoms in total. The summed E-state index contributed by atoms with van der Waals surface area (Å²) in [5.41, 5.74) is 0.594. The third-order valence-electron chi connectivity index (χ3n) is 3.04. The Morgan fingerprint density at radius 1 is 1.00 bits per heavy atom. The van der Waals surface area contributed by atoms with Crippen LogP contribution in [-0.4, -0.2) is 51.2 Å². The smallest absolute Gasteiger partial charge is 0.330 e. The molecule has 0 aromatic heterocycles. The third kappa shape index (κ3) is 7.19. The maximum atomic E-state index is 11.1. The number of hydrogen-bond acceptors (Lipinski definition) is 7. The highest BCUT2D eigenvalue weighted by Crippen LogP contribution is 2.17. The number of benzene rings is 1. The fourth-order valence-electron chi connectivity index (χ4n) is 1.83. The molecular weight excluding hydrogens is 350 g/mol. The highest BCUT2D eigenvalue weighted by atomic mass is 32.2. The first-order valence-corrected chi connectivity index (χ1v) is 8.63. The van der Waals surface area contributed by atoms with Crippen molar-refractivity contribution in [2.75, 3.05) is 31.2 Å². The van der Waals surface area contributed by atoms with Crippen molar-refractivity contribution in [3.63, 3.8) is 0 Å². The van der Waals surface area contributed by atoms with Gasteiger partial charge >= 0.3 is 11.9 Å². The molecule has 0 fully saturated rings. The summed E-state index contributed by atoms with van der Waals surface area (Å²) in [7, 11) is -4.29. The summed E-state index contributed by atoms with van der Waals surface area (Å²) >= 11 is 0. The van der Waals surface area contributed by atoms with Crippen LogP contribution in [0, 0.1) is 0 Å². The Labute approximate surface area is 146 Å². The number of anilines is 1. The second-order valence-electron chi connectivity index (χ2n) is 4.70. The van der Waals surface area contributed by atoms with E-state index in [2.05, 4.69) is 13.2 Å². The topological polar surface area (TPSA) is 110 Å². The van der Waals surface area contributed by atoms with Crippen molar-refractivity contribution in [1.82, 2.24) is 0 Å². The molecule has 0 saturated heterocycles. The van der Waals surface area contributed by atoms with Crippen molar-refractivity contribution in [2.45, 2.75) is 4.90 Å². The predicted octanol–water partition coefficient (Wildman–Crippen LogP) is 1.20. The van der Waals surface area contributed by atoms with Gasteiger partial charge in [-0.2, -0.15) is 8.42 Å². The Kier molecular flexibility index (Phi) is 7.83. The zero-order valence-corrected chi connectivity index (χ0v) is 14.3. The first-order valence-electron chi connectivity index (χ1n) is 7.19. The van der Waals surface area contributed by atoms with Crippen molar-refractivity contribution >= 4 is 27.7 Å². The van der Waals surface area contributed by atoms with E-state index < -0.39 is 22.1 Å². The Hall–Kier alpha value is -2.65. The van der Waals surface area contributed by atoms with Crippen LogP contribution in [-0.2, 0) is 29.2 Å². The van der Waals surface area contributed by atoms with E-state index in [9.17, 15) is 18.0 Å². The standard InChI is InChI=1S/C16H19NO7S/c1-3-15(18)23-11-9-17(10-12-24-16(19)4-2)13-5-7-14(8-6-13)25(20,21)22/h3-8H,1-2,9-12H2,(H,20,21,22). The molecule has 0 radical (unpaired) electrons. The largest absolute Gasteiger partial charge is 0.461 e. The van der Waals surface area contributed by atoms with Gasteiger partial charge in [0, 0.05) is 17.8 Å². The van der Waals surface area contributed by atoms with Gasteiger partial charge < -0.3 is 14.4 Å². The molecule has 0 heterocycles. The normalized spacial score (nSPS) is 10.6. The number of hydrogen-bond donors (Lipinski definition) is 1. The summed E-state index contributed by atoms with van der Waals surface area (Å²) in [5, 5.41) is 0. The predicted molar refractivity (Wildman–Crippen MR) is 90.8 cm³/mol. The molecule has 1 aromatic rings. The lowest BCUT2D eigenvalue weighted by Gasteiger charge is -2.24. The summed E-state index contributed by atoms with van der Waals surface area (Å²) in [5.74, 6) is -1.14. The van der Waals surface area contributed by atoms with Gasteiger partial charge in [0.2, 0.25) is 0 Å². The first-order chi connectivity index (χ1) is 11.8. The molecule has 0 spiro atoms. The molecule has 9 heteroatoms. The Morgan fingerprint density at radius 2 is 1.44 bits per heavy atom. The van der Waals surface area contributed by atoms with E-state index in [0.717, 1.165) is 12.2 Å². The van der Waals surface area contributed by atoms with E-state index in [1.54, 1.807) is 4.90 Å². The maximum Gasteiger partial charge on any atom is 0.330 e. The maximum absolute atomic E-state index is 11.1. The van der Waals surface area contributed by atoms with Gasteiger partial charge in [-0.1, -0.05) is 13.2 Å². The van der Waals surface area contributed by atoms with Crippen molar-refractivity contribution in [3.05, 3.63) is 49.6 Å². The van der Waals surface area contributed by atoms with Crippen LogP contribution in [0.1, 0.15) is 0 Å². The van der Waals surface area contributed by atoms with Gasteiger partial charge in [0.25, 0.3) is 10.1 Å². The molecular formula is C16H19NO7S. The quantitative estimate of drug-likeness (QED) is 0.372. The van der Waals surface area contributed by atoms with Crippen LogP contribution in [0.25, 0.3) is 0 Å². The minimum absolute atomic E-state index is 0.0559. The summed E-state index contributed by atoms with van der Waals surface area (Å²) in [4.78, 5) is 23.7. The van der Waals surface area contributed by atoms with Gasteiger partial charge in [-0.25, -0.2) is 9.59 Å². The molecule has 0 saturated carbocycles. The van der Waals surface area contributed by atoms with Crippen LogP contribution >= 0.6 is 0 Å². The molecule has 0 amide bonds. The summed E-state index contributed by atoms with van der Waals surface area (Å²) in [6.45, 7) is 7.24. The second kappa shape index (κ2) is 9.60. The van der Waals surface area contributed by atoms with E-state index in [-0.39, 0.29) is 31.2 Å². The second-order valence-corrected chi connectivity index (χ2v) is 6.12. The van der Waals surface area contributed by atoms with E-state index in [1.165, 1.54) is 24.3 Å². The zero-order valence-electron chi connectivity index (χ0n) is 13.5. The average Bonchev–Trinajstić information content (AvgIpc) is 2.59. The minimum atomic E-state index is -4.29. The molecule has 0 aliphatic carbocycles. The lowest BCUT2D eigenvalue weighted by atomic mass is 10.3. The monoisotopic (exact) mass is 369 g/mol. The van der Waals surface area contributed by atoms with Gasteiger partial charge in [-0.15, -0.1) is 0 Å². The van der Waals surface area contributed by atoms with Crippen LogP contribution in [0.3, 0.4) is 0 Å². The first kappa shape index (κ1) is 20.4. The number of nitrogens with zero attached hydrogens (tertiary/aromatic N) is 1. The van der Waals surface area contributed by atoms with Crippen molar-refractivity contribution in [2.24, 2.45) is 0 Å². The van der Waals surface area contributed by atoms with Gasteiger partial charge in [0.1, 0.15) is 13.2 Å². The highest BCUT2D eigenvalue weighted by Gasteiger charge is 2.12. The molecule has 0 aliphatic heterocycles. The lowest BCUT2D eigenvalue weighted by Crippen LogP contribution is -2.32. The van der Waals surface area contributed by atoms with Crippen LogP contribution < -0.4 is 4.90 Å². The van der Waals surface area contributed by atoms with Crippen LogP contribution in [0.5, 0.6) is 0 Å². The van der Waals surface area contributed by atoms with Gasteiger partial charge in [0.15, 0.2) is 0 Å². The number of ether oxygens (including phenoxy) is 2. The van der Waals surface area contributed by atoms with Gasteiger partial charge in [-0.05, 0) is 24.3 Å². The van der Waals surface area contributed by atoms with Crippen molar-refractivity contribution in [1.29, 1.82) is 0 Å². The van der Waals surface area contributed by atoms with Crippen LogP contribution in [0.4, 0.5) is 5.69 Å². The SMILES string of the molecule is C=CC(=O)OCCN(CCOC(=O)C=C)c1ccc(S(=O)(=O)O)cc1. The number of carbonyl (C=O) groups excluding carboxylic acids is 2. The Balaban J connectivity index is 2.80. The summed E-state index contributed by atoms with van der Waals surface area (Å²) in [6, 6.07) is 5.44. The zero-order chi connectivity index (χ0) is 18.9. The summed E-state index contributed by atoms with van der Waals surface area (Å²) < 4.78 is 41.0. The molecule has 136 valence electrons. The lowest BCUT2D eigenvalue weighted by molar-refractivity contribution is -0.137. The van der Waals surface area contributed by atoms with Crippen LogP contribution in [0.15, 0.2) is 54.5 Å². The number of esters is 2. The summed E-state index contributed by atoms with van der Waals surface area (Å²) in [6.07, 6.45) is 2.08. The Morgan fingerprint density at radius 3 is 1.80 bits per heavy atom. The minimum Gasteiger partial charge on any atom is -0.461 e. The van der Waals surface area contributed by atoms with Crippen molar-refractivity contribution < 1.29 is 32.0 Å². The molecule has 25 heavy (non-hydrogen) atoms. The molecule has 1 rings (SSSR count). The molecule has 0 bridgehead atoms. The Bertz CT molecular complexity index is 699.